The summed E-state index contributed by atoms with van der Waals surface area (Å²) in [4.78, 5) is 12.6. The molecule has 0 atom stereocenters. The minimum Gasteiger partial charge on any atom is -0.351 e. The van der Waals surface area contributed by atoms with Gasteiger partial charge in [0.1, 0.15) is 0 Å². The fourth-order valence-corrected chi connectivity index (χ4v) is 3.32. The monoisotopic (exact) mass is 288 g/mol. The van der Waals surface area contributed by atoms with Crippen molar-refractivity contribution in [3.8, 4) is 0 Å². The fourth-order valence-electron chi connectivity index (χ4n) is 3.32. The van der Waals surface area contributed by atoms with Gasteiger partial charge in [-0.1, -0.05) is 37.3 Å². The summed E-state index contributed by atoms with van der Waals surface area (Å²) < 4.78 is 0. The molecule has 1 fully saturated rings. The average molecular weight is 288 g/mol. The lowest BCUT2D eigenvalue weighted by Crippen LogP contribution is -2.57. The first-order valence-electron chi connectivity index (χ1n) is 7.93. The van der Waals surface area contributed by atoms with Crippen LogP contribution in [0.15, 0.2) is 30.3 Å². The molecule has 1 aromatic carbocycles. The summed E-state index contributed by atoms with van der Waals surface area (Å²) in [6, 6.07) is 10.4. The lowest BCUT2D eigenvalue weighted by atomic mass is 9.62. The largest absolute Gasteiger partial charge is 0.351 e. The smallest absolute Gasteiger partial charge is 0.227 e. The van der Waals surface area contributed by atoms with Crippen LogP contribution >= 0.6 is 0 Å². The van der Waals surface area contributed by atoms with Gasteiger partial charge in [-0.15, -0.1) is 0 Å². The Balaban J connectivity index is 1.89. The Hall–Kier alpha value is -1.35. The second kappa shape index (κ2) is 6.18. The molecule has 0 bridgehead atoms. The number of nitrogens with two attached hydrogens (primary N) is 1. The van der Waals surface area contributed by atoms with E-state index in [1.54, 1.807) is 0 Å². The van der Waals surface area contributed by atoms with Crippen molar-refractivity contribution >= 4 is 5.91 Å². The van der Waals surface area contributed by atoms with Crippen LogP contribution in [0.3, 0.4) is 0 Å². The predicted molar refractivity (Wildman–Crippen MR) is 86.9 cm³/mol. The van der Waals surface area contributed by atoms with Crippen LogP contribution in [0.1, 0.15) is 45.6 Å². The van der Waals surface area contributed by atoms with Crippen molar-refractivity contribution < 1.29 is 4.79 Å². The molecule has 1 saturated carbocycles. The van der Waals surface area contributed by atoms with E-state index in [1.165, 1.54) is 5.56 Å². The van der Waals surface area contributed by atoms with Crippen molar-refractivity contribution in [3.63, 3.8) is 0 Å². The highest BCUT2D eigenvalue weighted by Crippen LogP contribution is 2.45. The zero-order chi connectivity index (χ0) is 15.5. The Morgan fingerprint density at radius 1 is 1.33 bits per heavy atom. The number of carbonyl (C=O) groups excluding carboxylic acids is 1. The topological polar surface area (TPSA) is 55.1 Å². The first-order chi connectivity index (χ1) is 9.87. The molecule has 1 aromatic rings. The first kappa shape index (κ1) is 16.0. The second-order valence-electron chi connectivity index (χ2n) is 7.32. The standard InChI is InChI=1S/C18H28N2O/c1-14-11-18(12-14,13-19)16(21)20-17(2,3)10-9-15-7-5-4-6-8-15/h4-8,14H,9-13,19H2,1-3H3,(H,20,21). The number of nitrogens with one attached hydrogen (secondary N) is 1. The number of amides is 1. The molecule has 0 radical (unpaired) electrons. The molecule has 0 spiro atoms. The van der Waals surface area contributed by atoms with E-state index in [-0.39, 0.29) is 16.9 Å². The van der Waals surface area contributed by atoms with Gasteiger partial charge in [0, 0.05) is 12.1 Å². The Morgan fingerprint density at radius 2 is 1.95 bits per heavy atom. The van der Waals surface area contributed by atoms with E-state index in [9.17, 15) is 4.79 Å². The van der Waals surface area contributed by atoms with Gasteiger partial charge < -0.3 is 11.1 Å². The molecule has 0 unspecified atom stereocenters. The van der Waals surface area contributed by atoms with Gasteiger partial charge in [-0.05, 0) is 51.0 Å². The summed E-state index contributed by atoms with van der Waals surface area (Å²) in [6.45, 7) is 6.83. The third-order valence-electron chi connectivity index (χ3n) is 4.68. The van der Waals surface area contributed by atoms with E-state index in [4.69, 9.17) is 5.73 Å². The molecule has 3 nitrogen and oxygen atoms in total. The van der Waals surface area contributed by atoms with Crippen LogP contribution in [0.5, 0.6) is 0 Å². The quantitative estimate of drug-likeness (QED) is 0.845. The van der Waals surface area contributed by atoms with Gasteiger partial charge in [-0.2, -0.15) is 0 Å². The Labute approximate surface area is 128 Å². The van der Waals surface area contributed by atoms with Crippen molar-refractivity contribution in [2.75, 3.05) is 6.54 Å². The van der Waals surface area contributed by atoms with Crippen LogP contribution in [-0.4, -0.2) is 18.0 Å². The molecule has 3 N–H and O–H groups in total. The molecule has 2 rings (SSSR count). The first-order valence-corrected chi connectivity index (χ1v) is 7.93. The molecule has 0 saturated heterocycles. The highest BCUT2D eigenvalue weighted by Gasteiger charge is 2.48. The van der Waals surface area contributed by atoms with E-state index in [0.29, 0.717) is 12.5 Å². The van der Waals surface area contributed by atoms with Gasteiger partial charge in [-0.25, -0.2) is 0 Å². The van der Waals surface area contributed by atoms with Gasteiger partial charge in [-0.3, -0.25) is 4.79 Å². The summed E-state index contributed by atoms with van der Waals surface area (Å²) in [6.07, 6.45) is 3.74. The molecule has 21 heavy (non-hydrogen) atoms. The summed E-state index contributed by atoms with van der Waals surface area (Å²) in [5.74, 6) is 0.757. The maximum atomic E-state index is 12.6. The van der Waals surface area contributed by atoms with E-state index in [2.05, 4.69) is 50.4 Å². The van der Waals surface area contributed by atoms with Crippen LogP contribution in [0.2, 0.25) is 0 Å². The Morgan fingerprint density at radius 3 is 2.48 bits per heavy atom. The number of carbonyl (C=O) groups is 1. The number of benzene rings is 1. The molecule has 1 aliphatic carbocycles. The van der Waals surface area contributed by atoms with E-state index in [1.807, 2.05) is 6.07 Å². The van der Waals surface area contributed by atoms with Crippen molar-refractivity contribution in [2.24, 2.45) is 17.1 Å². The summed E-state index contributed by atoms with van der Waals surface area (Å²) in [5.41, 5.74) is 6.65. The normalized spacial score (nSPS) is 25.2. The predicted octanol–water partition coefficient (Wildman–Crippen LogP) is 2.89. The number of hydrogen-bond acceptors (Lipinski definition) is 2. The number of hydrogen-bond donors (Lipinski definition) is 2. The van der Waals surface area contributed by atoms with Crippen LogP contribution in [0.25, 0.3) is 0 Å². The summed E-state index contributed by atoms with van der Waals surface area (Å²) in [5, 5.41) is 3.22. The number of aryl methyl sites for hydroxylation is 1. The minimum atomic E-state index is -0.316. The van der Waals surface area contributed by atoms with Gasteiger partial charge >= 0.3 is 0 Å². The van der Waals surface area contributed by atoms with Crippen molar-refractivity contribution in [3.05, 3.63) is 35.9 Å². The summed E-state index contributed by atoms with van der Waals surface area (Å²) >= 11 is 0. The molecule has 1 amide bonds. The molecule has 0 aliphatic heterocycles. The van der Waals surface area contributed by atoms with E-state index in [0.717, 1.165) is 25.7 Å². The Kier molecular flexibility index (Phi) is 4.72. The maximum absolute atomic E-state index is 12.6. The van der Waals surface area contributed by atoms with E-state index >= 15 is 0 Å². The zero-order valence-corrected chi connectivity index (χ0v) is 13.5. The molecule has 0 aromatic heterocycles. The maximum Gasteiger partial charge on any atom is 0.227 e. The molecule has 1 aliphatic rings. The zero-order valence-electron chi connectivity index (χ0n) is 13.5. The molecule has 116 valence electrons. The van der Waals surface area contributed by atoms with Gasteiger partial charge in [0.15, 0.2) is 0 Å². The third kappa shape index (κ3) is 3.85. The Bertz CT molecular complexity index is 475. The molecule has 3 heteroatoms. The van der Waals surface area contributed by atoms with E-state index < -0.39 is 0 Å². The number of rotatable bonds is 6. The van der Waals surface area contributed by atoms with Crippen molar-refractivity contribution in [1.29, 1.82) is 0 Å². The average Bonchev–Trinajstić information content (AvgIpc) is 2.42. The van der Waals surface area contributed by atoms with Crippen LogP contribution in [-0.2, 0) is 11.2 Å². The lowest BCUT2D eigenvalue weighted by molar-refractivity contribution is -0.139. The van der Waals surface area contributed by atoms with Gasteiger partial charge in [0.25, 0.3) is 0 Å². The highest BCUT2D eigenvalue weighted by molar-refractivity contribution is 5.84. The molecular formula is C18H28N2O. The van der Waals surface area contributed by atoms with Crippen molar-refractivity contribution in [2.45, 2.75) is 52.0 Å². The highest BCUT2D eigenvalue weighted by atomic mass is 16.2. The van der Waals surface area contributed by atoms with Crippen LogP contribution in [0, 0.1) is 11.3 Å². The fraction of sp³-hybridized carbons (Fsp3) is 0.611. The second-order valence-corrected chi connectivity index (χ2v) is 7.32. The lowest BCUT2D eigenvalue weighted by Gasteiger charge is -2.46. The summed E-state index contributed by atoms with van der Waals surface area (Å²) in [7, 11) is 0. The van der Waals surface area contributed by atoms with Gasteiger partial charge in [0.05, 0.1) is 5.41 Å². The van der Waals surface area contributed by atoms with Gasteiger partial charge in [0.2, 0.25) is 5.91 Å². The molecule has 0 heterocycles. The molecular weight excluding hydrogens is 260 g/mol. The van der Waals surface area contributed by atoms with Crippen LogP contribution < -0.4 is 11.1 Å². The SMILES string of the molecule is CC1CC(CN)(C(=O)NC(C)(C)CCc2ccccc2)C1. The third-order valence-corrected chi connectivity index (χ3v) is 4.68. The minimum absolute atomic E-state index is 0.140. The van der Waals surface area contributed by atoms with Crippen LogP contribution in [0.4, 0.5) is 0 Å². The van der Waals surface area contributed by atoms with Crippen molar-refractivity contribution in [1.82, 2.24) is 5.32 Å².